The zero-order valence-corrected chi connectivity index (χ0v) is 10.6. The number of fused-ring (bicyclic) bond motifs is 1. The summed E-state index contributed by atoms with van der Waals surface area (Å²) in [4.78, 5) is 12.1. The highest BCUT2D eigenvalue weighted by Gasteiger charge is 2.30. The fourth-order valence-electron chi connectivity index (χ4n) is 2.00. The number of rotatable bonds is 1. The molecule has 0 spiro atoms. The van der Waals surface area contributed by atoms with Crippen LogP contribution in [0.1, 0.15) is 37.9 Å². The molecule has 0 saturated carbocycles. The lowest BCUT2D eigenvalue weighted by Crippen LogP contribution is -2.35. The van der Waals surface area contributed by atoms with Crippen molar-refractivity contribution >= 4 is 5.97 Å². The minimum absolute atomic E-state index is 0.246. The van der Waals surface area contributed by atoms with E-state index in [0.29, 0.717) is 6.54 Å². The molecule has 1 heterocycles. The molecule has 0 saturated heterocycles. The molecule has 2 rings (SSSR count). The maximum atomic E-state index is 12.1. The molecule has 0 amide bonds. The monoisotopic (exact) mass is 232 g/mol. The molecule has 3 heteroatoms. The van der Waals surface area contributed by atoms with Gasteiger partial charge >= 0.3 is 5.97 Å². The van der Waals surface area contributed by atoms with E-state index >= 15 is 0 Å². The molecular formula is C14H18NO2. The van der Waals surface area contributed by atoms with E-state index in [1.165, 1.54) is 5.56 Å². The lowest BCUT2D eigenvalue weighted by Gasteiger charge is -2.27. The van der Waals surface area contributed by atoms with Gasteiger partial charge in [-0.05, 0) is 38.3 Å². The van der Waals surface area contributed by atoms with Gasteiger partial charge in [-0.25, -0.2) is 10.1 Å². The van der Waals surface area contributed by atoms with Crippen LogP contribution < -0.4 is 5.32 Å². The Labute approximate surface area is 102 Å². The van der Waals surface area contributed by atoms with E-state index in [9.17, 15) is 4.79 Å². The first-order valence-electron chi connectivity index (χ1n) is 5.95. The van der Waals surface area contributed by atoms with Gasteiger partial charge in [0.25, 0.3) is 0 Å². The molecule has 1 atom stereocenters. The Balaban J connectivity index is 2.21. The molecule has 0 N–H and O–H groups in total. The summed E-state index contributed by atoms with van der Waals surface area (Å²) in [6, 6.07) is 7.51. The summed E-state index contributed by atoms with van der Waals surface area (Å²) in [6.45, 7) is 6.32. The smallest absolute Gasteiger partial charge is 0.329 e. The van der Waals surface area contributed by atoms with E-state index in [0.717, 1.165) is 12.0 Å². The lowest BCUT2D eigenvalue weighted by molar-refractivity contribution is -0.158. The SMILES string of the molecule is CC(C)(C)OC(=O)C1[N]CCc2ccccc21. The Bertz CT molecular complexity index is 420. The maximum Gasteiger partial charge on any atom is 0.329 e. The van der Waals surface area contributed by atoms with Crippen molar-refractivity contribution < 1.29 is 9.53 Å². The van der Waals surface area contributed by atoms with Crippen LogP contribution >= 0.6 is 0 Å². The number of esters is 1. The normalized spacial score (nSPS) is 19.6. The van der Waals surface area contributed by atoms with Crippen LogP contribution in [0.25, 0.3) is 0 Å². The highest BCUT2D eigenvalue weighted by molar-refractivity contribution is 5.79. The van der Waals surface area contributed by atoms with Gasteiger partial charge in [0.1, 0.15) is 11.6 Å². The van der Waals surface area contributed by atoms with Gasteiger partial charge in [0.05, 0.1) is 0 Å². The number of carbonyl (C=O) groups excluding carboxylic acids is 1. The van der Waals surface area contributed by atoms with Gasteiger partial charge in [0.2, 0.25) is 0 Å². The van der Waals surface area contributed by atoms with Gasteiger partial charge < -0.3 is 4.74 Å². The standard InChI is InChI=1S/C14H18NO2/c1-14(2,3)17-13(16)12-11-7-5-4-6-10(11)8-9-15-12/h4-7,12H,8-9H2,1-3H3. The summed E-state index contributed by atoms with van der Waals surface area (Å²) in [7, 11) is 0. The first-order chi connectivity index (χ1) is 7.97. The van der Waals surface area contributed by atoms with Crippen LogP contribution in [-0.2, 0) is 16.0 Å². The van der Waals surface area contributed by atoms with Crippen LogP contribution in [0.15, 0.2) is 24.3 Å². The summed E-state index contributed by atoms with van der Waals surface area (Å²) in [5, 5.41) is 4.38. The number of ether oxygens (including phenoxy) is 1. The molecule has 1 radical (unpaired) electrons. The van der Waals surface area contributed by atoms with Crippen molar-refractivity contribution in [1.29, 1.82) is 0 Å². The Morgan fingerprint density at radius 2 is 2.06 bits per heavy atom. The molecular weight excluding hydrogens is 214 g/mol. The van der Waals surface area contributed by atoms with E-state index in [1.54, 1.807) is 0 Å². The van der Waals surface area contributed by atoms with Gasteiger partial charge in [0.15, 0.2) is 0 Å². The quantitative estimate of drug-likeness (QED) is 0.697. The predicted molar refractivity (Wildman–Crippen MR) is 65.7 cm³/mol. The van der Waals surface area contributed by atoms with E-state index < -0.39 is 11.6 Å². The Morgan fingerprint density at radius 3 is 2.76 bits per heavy atom. The predicted octanol–water partition coefficient (Wildman–Crippen LogP) is 2.23. The second-order valence-corrected chi connectivity index (χ2v) is 5.29. The Kier molecular flexibility index (Phi) is 3.20. The minimum Gasteiger partial charge on any atom is -0.459 e. The lowest BCUT2D eigenvalue weighted by atomic mass is 9.94. The third-order valence-electron chi connectivity index (χ3n) is 2.67. The fraction of sp³-hybridized carbons (Fsp3) is 0.500. The molecule has 1 aliphatic heterocycles. The van der Waals surface area contributed by atoms with Crippen molar-refractivity contribution in [2.24, 2.45) is 0 Å². The third kappa shape index (κ3) is 2.86. The van der Waals surface area contributed by atoms with E-state index in [4.69, 9.17) is 4.74 Å². The van der Waals surface area contributed by atoms with Gasteiger partial charge in [-0.3, -0.25) is 0 Å². The van der Waals surface area contributed by atoms with Crippen molar-refractivity contribution in [1.82, 2.24) is 5.32 Å². The fourth-order valence-corrected chi connectivity index (χ4v) is 2.00. The number of hydrogen-bond donors (Lipinski definition) is 0. The summed E-state index contributed by atoms with van der Waals surface area (Å²) >= 11 is 0. The van der Waals surface area contributed by atoms with E-state index in [1.807, 2.05) is 39.0 Å². The molecule has 0 aliphatic carbocycles. The second-order valence-electron chi connectivity index (χ2n) is 5.29. The van der Waals surface area contributed by atoms with Crippen molar-refractivity contribution in [2.45, 2.75) is 38.8 Å². The number of hydrogen-bond acceptors (Lipinski definition) is 2. The van der Waals surface area contributed by atoms with Crippen molar-refractivity contribution in [3.63, 3.8) is 0 Å². The number of nitrogens with zero attached hydrogens (tertiary/aromatic N) is 1. The average Bonchev–Trinajstić information content (AvgIpc) is 2.26. The number of benzene rings is 1. The van der Waals surface area contributed by atoms with Crippen molar-refractivity contribution in [2.75, 3.05) is 6.54 Å². The maximum absolute atomic E-state index is 12.1. The van der Waals surface area contributed by atoms with E-state index in [-0.39, 0.29) is 5.97 Å². The zero-order chi connectivity index (χ0) is 12.5. The van der Waals surface area contributed by atoms with E-state index in [2.05, 4.69) is 11.4 Å². The Hall–Kier alpha value is -1.35. The molecule has 91 valence electrons. The van der Waals surface area contributed by atoms with Crippen molar-refractivity contribution in [3.05, 3.63) is 35.4 Å². The van der Waals surface area contributed by atoms with Gasteiger partial charge in [0, 0.05) is 6.54 Å². The highest BCUT2D eigenvalue weighted by Crippen LogP contribution is 2.26. The second kappa shape index (κ2) is 4.49. The summed E-state index contributed by atoms with van der Waals surface area (Å²) in [5.41, 5.74) is 1.74. The van der Waals surface area contributed by atoms with Gasteiger partial charge in [-0.2, -0.15) is 0 Å². The molecule has 1 aromatic rings. The zero-order valence-electron chi connectivity index (χ0n) is 10.6. The molecule has 1 aliphatic rings. The van der Waals surface area contributed by atoms with Crippen LogP contribution in [0, 0.1) is 0 Å². The topological polar surface area (TPSA) is 40.4 Å². The molecule has 0 bridgehead atoms. The summed E-state index contributed by atoms with van der Waals surface area (Å²) in [6.07, 6.45) is 0.912. The third-order valence-corrected chi connectivity index (χ3v) is 2.67. The molecule has 0 aromatic heterocycles. The Morgan fingerprint density at radius 1 is 1.35 bits per heavy atom. The molecule has 0 fully saturated rings. The molecule has 1 aromatic carbocycles. The molecule has 1 unspecified atom stereocenters. The molecule has 3 nitrogen and oxygen atoms in total. The summed E-state index contributed by atoms with van der Waals surface area (Å²) < 4.78 is 5.40. The largest absolute Gasteiger partial charge is 0.459 e. The van der Waals surface area contributed by atoms with Crippen LogP contribution in [-0.4, -0.2) is 18.1 Å². The minimum atomic E-state index is -0.459. The average molecular weight is 232 g/mol. The first-order valence-corrected chi connectivity index (χ1v) is 5.95. The first kappa shape index (κ1) is 12.1. The van der Waals surface area contributed by atoms with Gasteiger partial charge in [-0.1, -0.05) is 24.3 Å². The highest BCUT2D eigenvalue weighted by atomic mass is 16.6. The van der Waals surface area contributed by atoms with Crippen LogP contribution in [0.2, 0.25) is 0 Å². The molecule has 17 heavy (non-hydrogen) atoms. The van der Waals surface area contributed by atoms with Crippen LogP contribution in [0.3, 0.4) is 0 Å². The van der Waals surface area contributed by atoms with Crippen molar-refractivity contribution in [3.8, 4) is 0 Å². The number of carbonyl (C=O) groups is 1. The summed E-state index contributed by atoms with van der Waals surface area (Å²) in [5.74, 6) is -0.246. The van der Waals surface area contributed by atoms with Gasteiger partial charge in [-0.15, -0.1) is 0 Å². The van der Waals surface area contributed by atoms with Crippen LogP contribution in [0.5, 0.6) is 0 Å². The van der Waals surface area contributed by atoms with Crippen LogP contribution in [0.4, 0.5) is 0 Å².